The van der Waals surface area contributed by atoms with Crippen molar-refractivity contribution in [3.05, 3.63) is 134 Å². The van der Waals surface area contributed by atoms with Crippen molar-refractivity contribution in [3.63, 3.8) is 0 Å². The van der Waals surface area contributed by atoms with Gasteiger partial charge in [0, 0.05) is 39.5 Å². The third-order valence-electron chi connectivity index (χ3n) is 6.30. The summed E-state index contributed by atoms with van der Waals surface area (Å²) in [6, 6.07) is 19.6. The van der Waals surface area contributed by atoms with E-state index in [-0.39, 0.29) is 22.5 Å². The van der Waals surface area contributed by atoms with Crippen molar-refractivity contribution in [2.45, 2.75) is 13.5 Å². The Bertz CT molecular complexity index is 1640. The lowest BCUT2D eigenvalue weighted by molar-refractivity contribution is 0.0960. The SMILES string of the molecule is Cc1c(Cl)cc(Cl)cc1CNc1ccc2c(c1)NC(=C(C(=O)c1ccccc1)C(=O)c1cc(F)cc(F)c1)N2. The van der Waals surface area contributed by atoms with Gasteiger partial charge in [0.05, 0.1) is 11.4 Å². The molecule has 0 radical (unpaired) electrons. The number of hydrogen-bond acceptors (Lipinski definition) is 5. The van der Waals surface area contributed by atoms with Crippen LogP contribution >= 0.6 is 23.2 Å². The van der Waals surface area contributed by atoms with E-state index in [0.717, 1.165) is 28.9 Å². The Hall–Kier alpha value is -4.20. The summed E-state index contributed by atoms with van der Waals surface area (Å²) in [6.45, 7) is 2.37. The lowest BCUT2D eigenvalue weighted by atomic mass is 9.95. The summed E-state index contributed by atoms with van der Waals surface area (Å²) in [7, 11) is 0. The Kier molecular flexibility index (Phi) is 7.37. The van der Waals surface area contributed by atoms with Crippen LogP contribution in [0.25, 0.3) is 0 Å². The molecule has 5 rings (SSSR count). The zero-order valence-electron chi connectivity index (χ0n) is 20.5. The predicted octanol–water partition coefficient (Wildman–Crippen LogP) is 8.01. The average Bonchev–Trinajstić information content (AvgIpc) is 3.32. The topological polar surface area (TPSA) is 70.2 Å². The number of Topliss-reactive ketones (excluding diaryl/α,β-unsaturated/α-hetero) is 2. The zero-order chi connectivity index (χ0) is 27.7. The van der Waals surface area contributed by atoms with E-state index in [9.17, 15) is 18.4 Å². The standard InChI is InChI=1S/C30H21Cl2F2N3O2/c1-16-19(9-20(31)12-24(16)32)15-35-23-7-8-25-26(14-23)37-30(36-25)27(28(38)17-5-3-2-4-6-17)29(39)18-10-21(33)13-22(34)11-18/h2-14,35-37H,15H2,1H3. The molecule has 196 valence electrons. The van der Waals surface area contributed by atoms with Gasteiger partial charge in [-0.15, -0.1) is 0 Å². The van der Waals surface area contributed by atoms with Crippen LogP contribution in [0.5, 0.6) is 0 Å². The molecule has 5 nitrogen and oxygen atoms in total. The first-order valence-electron chi connectivity index (χ1n) is 11.9. The van der Waals surface area contributed by atoms with Gasteiger partial charge in [0.1, 0.15) is 23.0 Å². The van der Waals surface area contributed by atoms with Gasteiger partial charge in [-0.2, -0.15) is 0 Å². The normalized spacial score (nSPS) is 13.3. The van der Waals surface area contributed by atoms with Crippen LogP contribution in [0.15, 0.2) is 90.3 Å². The molecule has 4 aromatic carbocycles. The number of fused-ring (bicyclic) bond motifs is 1. The van der Waals surface area contributed by atoms with E-state index in [2.05, 4.69) is 16.0 Å². The molecule has 0 spiro atoms. The van der Waals surface area contributed by atoms with Gasteiger partial charge in [0.25, 0.3) is 0 Å². The number of carbonyl (C=O) groups is 2. The van der Waals surface area contributed by atoms with Gasteiger partial charge in [0.2, 0.25) is 11.6 Å². The second-order valence-corrected chi connectivity index (χ2v) is 9.81. The molecule has 9 heteroatoms. The van der Waals surface area contributed by atoms with E-state index in [0.29, 0.717) is 34.0 Å². The Labute approximate surface area is 233 Å². The van der Waals surface area contributed by atoms with E-state index in [1.54, 1.807) is 42.5 Å². The molecule has 0 aromatic heterocycles. The number of benzene rings is 4. The monoisotopic (exact) mass is 563 g/mol. The van der Waals surface area contributed by atoms with Crippen molar-refractivity contribution >= 4 is 51.8 Å². The Morgan fingerprint density at radius 3 is 2.18 bits per heavy atom. The summed E-state index contributed by atoms with van der Waals surface area (Å²) in [4.78, 5) is 27.0. The second-order valence-electron chi connectivity index (χ2n) is 8.97. The number of carbonyl (C=O) groups excluding carboxylic acids is 2. The van der Waals surface area contributed by atoms with Crippen molar-refractivity contribution in [1.82, 2.24) is 0 Å². The maximum atomic E-state index is 13.9. The molecule has 0 fully saturated rings. The highest BCUT2D eigenvalue weighted by atomic mass is 35.5. The van der Waals surface area contributed by atoms with Gasteiger partial charge >= 0.3 is 0 Å². The van der Waals surface area contributed by atoms with Crippen molar-refractivity contribution in [2.24, 2.45) is 0 Å². The Morgan fingerprint density at radius 2 is 1.46 bits per heavy atom. The zero-order valence-corrected chi connectivity index (χ0v) is 22.1. The van der Waals surface area contributed by atoms with E-state index in [1.165, 1.54) is 0 Å². The summed E-state index contributed by atoms with van der Waals surface area (Å²) < 4.78 is 27.9. The fraction of sp³-hybridized carbons (Fsp3) is 0.0667. The lowest BCUT2D eigenvalue weighted by Crippen LogP contribution is -2.21. The van der Waals surface area contributed by atoms with E-state index in [1.807, 2.05) is 25.1 Å². The fourth-order valence-corrected chi connectivity index (χ4v) is 4.80. The molecule has 1 aliphatic rings. The molecule has 3 N–H and O–H groups in total. The molecular formula is C30H21Cl2F2N3O2. The molecule has 0 saturated carbocycles. The molecule has 0 bridgehead atoms. The first-order valence-corrected chi connectivity index (χ1v) is 12.7. The smallest absolute Gasteiger partial charge is 0.200 e. The Morgan fingerprint density at radius 1 is 0.795 bits per heavy atom. The van der Waals surface area contributed by atoms with Gasteiger partial charge in [-0.1, -0.05) is 53.5 Å². The van der Waals surface area contributed by atoms with Gasteiger partial charge in [-0.25, -0.2) is 8.78 Å². The van der Waals surface area contributed by atoms with Gasteiger partial charge in [0.15, 0.2) is 0 Å². The highest BCUT2D eigenvalue weighted by molar-refractivity contribution is 6.35. The molecule has 0 atom stereocenters. The number of nitrogens with one attached hydrogen (secondary N) is 3. The second kappa shape index (κ2) is 10.9. The first-order chi connectivity index (χ1) is 18.7. The number of rotatable bonds is 7. The molecule has 1 aliphatic heterocycles. The molecule has 0 aliphatic carbocycles. The summed E-state index contributed by atoms with van der Waals surface area (Å²) in [5.74, 6) is -3.14. The fourth-order valence-electron chi connectivity index (χ4n) is 4.27. The quantitative estimate of drug-likeness (QED) is 0.0919. The first kappa shape index (κ1) is 26.4. The Balaban J connectivity index is 1.47. The van der Waals surface area contributed by atoms with E-state index in [4.69, 9.17) is 23.2 Å². The van der Waals surface area contributed by atoms with Crippen LogP contribution in [0, 0.1) is 18.6 Å². The highest BCUT2D eigenvalue weighted by Crippen LogP contribution is 2.36. The summed E-state index contributed by atoms with van der Waals surface area (Å²) in [5, 5.41) is 10.6. The largest absolute Gasteiger partial charge is 0.381 e. The maximum Gasteiger partial charge on any atom is 0.200 e. The van der Waals surface area contributed by atoms with Crippen LogP contribution in [0.2, 0.25) is 10.0 Å². The van der Waals surface area contributed by atoms with Gasteiger partial charge in [-0.3, -0.25) is 9.59 Å². The minimum absolute atomic E-state index is 0.114. The minimum atomic E-state index is -0.919. The highest BCUT2D eigenvalue weighted by Gasteiger charge is 2.30. The third kappa shape index (κ3) is 5.65. The van der Waals surface area contributed by atoms with Crippen LogP contribution in [0.3, 0.4) is 0 Å². The lowest BCUT2D eigenvalue weighted by Gasteiger charge is -2.12. The molecule has 0 saturated heterocycles. The van der Waals surface area contributed by atoms with Crippen LogP contribution in [-0.4, -0.2) is 11.6 Å². The number of ketones is 2. The molecule has 39 heavy (non-hydrogen) atoms. The average molecular weight is 564 g/mol. The third-order valence-corrected chi connectivity index (χ3v) is 6.91. The van der Waals surface area contributed by atoms with E-state index >= 15 is 0 Å². The molecule has 0 unspecified atom stereocenters. The van der Waals surface area contributed by atoms with E-state index < -0.39 is 23.2 Å². The number of halogens is 4. The molecule has 4 aromatic rings. The summed E-state index contributed by atoms with van der Waals surface area (Å²) in [6.07, 6.45) is 0. The predicted molar refractivity (Wildman–Crippen MR) is 151 cm³/mol. The summed E-state index contributed by atoms with van der Waals surface area (Å²) in [5.41, 5.74) is 3.52. The van der Waals surface area contributed by atoms with Crippen LogP contribution in [-0.2, 0) is 6.54 Å². The summed E-state index contributed by atoms with van der Waals surface area (Å²) >= 11 is 12.4. The van der Waals surface area contributed by atoms with Crippen molar-refractivity contribution in [2.75, 3.05) is 16.0 Å². The van der Waals surface area contributed by atoms with Crippen LogP contribution in [0.1, 0.15) is 31.8 Å². The number of allylic oxidation sites excluding steroid dienone is 1. The molecule has 0 amide bonds. The van der Waals surface area contributed by atoms with Crippen LogP contribution in [0.4, 0.5) is 25.8 Å². The van der Waals surface area contributed by atoms with Crippen molar-refractivity contribution in [1.29, 1.82) is 0 Å². The maximum absolute atomic E-state index is 13.9. The van der Waals surface area contributed by atoms with Gasteiger partial charge < -0.3 is 16.0 Å². The minimum Gasteiger partial charge on any atom is -0.381 e. The van der Waals surface area contributed by atoms with Crippen LogP contribution < -0.4 is 16.0 Å². The molecular weight excluding hydrogens is 543 g/mol. The number of hydrogen-bond donors (Lipinski definition) is 3. The van der Waals surface area contributed by atoms with Crippen molar-refractivity contribution in [3.8, 4) is 0 Å². The number of anilines is 3. The van der Waals surface area contributed by atoms with Gasteiger partial charge in [-0.05, 0) is 60.5 Å². The van der Waals surface area contributed by atoms with Crippen molar-refractivity contribution < 1.29 is 18.4 Å². The molecule has 1 heterocycles.